The van der Waals surface area contributed by atoms with Gasteiger partial charge in [-0.3, -0.25) is 14.4 Å². The van der Waals surface area contributed by atoms with Gasteiger partial charge in [-0.1, -0.05) is 26.0 Å². The van der Waals surface area contributed by atoms with Crippen molar-refractivity contribution in [1.29, 1.82) is 0 Å². The van der Waals surface area contributed by atoms with Crippen LogP contribution < -0.4 is 5.32 Å². The molecule has 4 aliphatic rings. The highest BCUT2D eigenvalue weighted by atomic mass is 16.5. The van der Waals surface area contributed by atoms with Gasteiger partial charge in [-0.05, 0) is 12.3 Å². The highest BCUT2D eigenvalue weighted by Crippen LogP contribution is 2.52. The van der Waals surface area contributed by atoms with Crippen LogP contribution in [0.1, 0.15) is 26.7 Å². The van der Waals surface area contributed by atoms with Crippen molar-refractivity contribution in [3.8, 4) is 0 Å². The molecule has 4 atom stereocenters. The van der Waals surface area contributed by atoms with Gasteiger partial charge in [0.1, 0.15) is 5.60 Å². The first-order chi connectivity index (χ1) is 12.4. The van der Waals surface area contributed by atoms with Gasteiger partial charge >= 0.3 is 0 Å². The molecular formula is C19H27N3O4. The van der Waals surface area contributed by atoms with Crippen molar-refractivity contribution in [3.05, 3.63) is 12.2 Å². The number of amides is 3. The summed E-state index contributed by atoms with van der Waals surface area (Å²) in [7, 11) is 0. The predicted octanol–water partition coefficient (Wildman–Crippen LogP) is 0.163. The second kappa shape index (κ2) is 6.37. The zero-order valence-corrected chi connectivity index (χ0v) is 15.4. The third-order valence-electron chi connectivity index (χ3n) is 6.06. The maximum absolute atomic E-state index is 13.2. The zero-order chi connectivity index (χ0) is 18.5. The number of nitrogens with one attached hydrogen (secondary N) is 1. The molecule has 4 heterocycles. The lowest BCUT2D eigenvalue weighted by atomic mass is 9.76. The molecular weight excluding hydrogens is 334 g/mol. The van der Waals surface area contributed by atoms with Crippen LogP contribution in [0.4, 0.5) is 0 Å². The molecule has 7 nitrogen and oxygen atoms in total. The molecule has 1 spiro atoms. The molecule has 1 N–H and O–H groups in total. The molecule has 0 radical (unpaired) electrons. The molecule has 0 saturated carbocycles. The summed E-state index contributed by atoms with van der Waals surface area (Å²) in [5, 5.41) is 2.79. The lowest BCUT2D eigenvalue weighted by molar-refractivity contribution is -0.143. The van der Waals surface area contributed by atoms with Crippen LogP contribution >= 0.6 is 0 Å². The Labute approximate surface area is 153 Å². The maximum Gasteiger partial charge on any atom is 0.230 e. The largest absolute Gasteiger partial charge is 0.360 e. The standard InChI is InChI=1S/C19H27N3O4/c1-12(2)4-8-22-11-19-6-3-13(26-19)15(16(19)18(22)25)17(24)21-9-5-14(23)20-7-10-21/h3,6,12-13,15-16H,4-5,7-11H2,1-2H3,(H,20,23)/t13-,15+,16+,19-/m0/s1. The van der Waals surface area contributed by atoms with Gasteiger partial charge in [0.15, 0.2) is 0 Å². The molecule has 26 heavy (non-hydrogen) atoms. The van der Waals surface area contributed by atoms with E-state index in [4.69, 9.17) is 4.74 Å². The summed E-state index contributed by atoms with van der Waals surface area (Å²) in [5.74, 6) is -0.416. The first-order valence-corrected chi connectivity index (χ1v) is 9.63. The molecule has 2 bridgehead atoms. The molecule has 3 fully saturated rings. The molecule has 4 rings (SSSR count). The molecule has 4 aliphatic heterocycles. The normalized spacial score (nSPS) is 35.9. The first kappa shape index (κ1) is 17.5. The van der Waals surface area contributed by atoms with Crippen LogP contribution in [0.2, 0.25) is 0 Å². The van der Waals surface area contributed by atoms with Crippen LogP contribution in [0.5, 0.6) is 0 Å². The van der Waals surface area contributed by atoms with Gasteiger partial charge in [-0.2, -0.15) is 0 Å². The van der Waals surface area contributed by atoms with E-state index >= 15 is 0 Å². The Kier molecular flexibility index (Phi) is 4.29. The van der Waals surface area contributed by atoms with Crippen LogP contribution in [0.25, 0.3) is 0 Å². The summed E-state index contributed by atoms with van der Waals surface area (Å²) in [6.07, 6.45) is 4.87. The van der Waals surface area contributed by atoms with Gasteiger partial charge in [0.05, 0.1) is 24.5 Å². The van der Waals surface area contributed by atoms with Gasteiger partial charge in [-0.25, -0.2) is 0 Å². The Hall–Kier alpha value is -1.89. The summed E-state index contributed by atoms with van der Waals surface area (Å²) in [4.78, 5) is 41.4. The van der Waals surface area contributed by atoms with E-state index in [0.29, 0.717) is 45.1 Å². The van der Waals surface area contributed by atoms with Crippen molar-refractivity contribution >= 4 is 17.7 Å². The number of nitrogens with zero attached hydrogens (tertiary/aromatic N) is 2. The van der Waals surface area contributed by atoms with Crippen molar-refractivity contribution < 1.29 is 19.1 Å². The third-order valence-corrected chi connectivity index (χ3v) is 6.06. The number of hydrogen-bond donors (Lipinski definition) is 1. The maximum atomic E-state index is 13.2. The average Bonchev–Trinajstić information content (AvgIpc) is 3.17. The number of ether oxygens (including phenoxy) is 1. The van der Waals surface area contributed by atoms with E-state index in [0.717, 1.165) is 6.42 Å². The van der Waals surface area contributed by atoms with Gasteiger partial charge < -0.3 is 19.9 Å². The summed E-state index contributed by atoms with van der Waals surface area (Å²) < 4.78 is 6.16. The fraction of sp³-hybridized carbons (Fsp3) is 0.737. The van der Waals surface area contributed by atoms with Gasteiger partial charge in [0, 0.05) is 32.6 Å². The molecule has 142 valence electrons. The van der Waals surface area contributed by atoms with E-state index in [1.54, 1.807) is 4.90 Å². The molecule has 7 heteroatoms. The number of carbonyl (C=O) groups excluding carboxylic acids is 3. The number of carbonyl (C=O) groups is 3. The molecule has 0 aromatic rings. The second-order valence-corrected chi connectivity index (χ2v) is 8.27. The van der Waals surface area contributed by atoms with E-state index in [2.05, 4.69) is 19.2 Å². The lowest BCUT2D eigenvalue weighted by Gasteiger charge is -2.29. The third kappa shape index (κ3) is 2.73. The van der Waals surface area contributed by atoms with E-state index in [1.165, 1.54) is 0 Å². The Bertz CT molecular complexity index is 661. The SMILES string of the molecule is CC(C)CCN1C[C@]23C=C[C@H](O2)[C@@H](C(=O)N2CCNC(=O)CC2)[C@@H]3C1=O. The monoisotopic (exact) mass is 361 g/mol. The molecule has 0 unspecified atom stereocenters. The fourth-order valence-corrected chi connectivity index (χ4v) is 4.66. The minimum atomic E-state index is -0.640. The van der Waals surface area contributed by atoms with Crippen molar-refractivity contribution in [2.45, 2.75) is 38.4 Å². The van der Waals surface area contributed by atoms with E-state index < -0.39 is 17.4 Å². The minimum absolute atomic E-state index is 0.0299. The highest BCUT2D eigenvalue weighted by molar-refractivity contribution is 5.93. The Morgan fingerprint density at radius 1 is 1.38 bits per heavy atom. The smallest absolute Gasteiger partial charge is 0.230 e. The van der Waals surface area contributed by atoms with Crippen molar-refractivity contribution in [2.24, 2.45) is 17.8 Å². The van der Waals surface area contributed by atoms with Crippen molar-refractivity contribution in [2.75, 3.05) is 32.7 Å². The highest BCUT2D eigenvalue weighted by Gasteiger charge is 2.67. The summed E-state index contributed by atoms with van der Waals surface area (Å²) in [6.45, 7) is 6.89. The fourth-order valence-electron chi connectivity index (χ4n) is 4.66. The topological polar surface area (TPSA) is 79.0 Å². The summed E-state index contributed by atoms with van der Waals surface area (Å²) in [5.41, 5.74) is -0.640. The number of rotatable bonds is 4. The van der Waals surface area contributed by atoms with Gasteiger partial charge in [-0.15, -0.1) is 0 Å². The minimum Gasteiger partial charge on any atom is -0.360 e. The Morgan fingerprint density at radius 2 is 2.19 bits per heavy atom. The quantitative estimate of drug-likeness (QED) is 0.724. The number of fused-ring (bicyclic) bond motifs is 1. The first-order valence-electron chi connectivity index (χ1n) is 9.63. The molecule has 3 amide bonds. The van der Waals surface area contributed by atoms with E-state index in [1.807, 2.05) is 17.1 Å². The van der Waals surface area contributed by atoms with E-state index in [-0.39, 0.29) is 23.8 Å². The molecule has 0 aromatic carbocycles. The average molecular weight is 361 g/mol. The van der Waals surface area contributed by atoms with Crippen LogP contribution in [0.3, 0.4) is 0 Å². The zero-order valence-electron chi connectivity index (χ0n) is 15.4. The van der Waals surface area contributed by atoms with Gasteiger partial charge in [0.2, 0.25) is 17.7 Å². The Balaban J connectivity index is 1.53. The number of hydrogen-bond acceptors (Lipinski definition) is 4. The predicted molar refractivity (Wildman–Crippen MR) is 94.0 cm³/mol. The lowest BCUT2D eigenvalue weighted by Crippen LogP contribution is -2.47. The van der Waals surface area contributed by atoms with Gasteiger partial charge in [0.25, 0.3) is 0 Å². The van der Waals surface area contributed by atoms with Crippen molar-refractivity contribution in [3.63, 3.8) is 0 Å². The number of likely N-dealkylation sites (tertiary alicyclic amines) is 1. The Morgan fingerprint density at radius 3 is 2.96 bits per heavy atom. The van der Waals surface area contributed by atoms with E-state index in [9.17, 15) is 14.4 Å². The molecule has 0 aromatic heterocycles. The summed E-state index contributed by atoms with van der Waals surface area (Å²) in [6, 6.07) is 0. The van der Waals surface area contributed by atoms with Crippen LogP contribution in [0.15, 0.2) is 12.2 Å². The second-order valence-electron chi connectivity index (χ2n) is 8.27. The van der Waals surface area contributed by atoms with Crippen LogP contribution in [-0.2, 0) is 19.1 Å². The van der Waals surface area contributed by atoms with Crippen molar-refractivity contribution in [1.82, 2.24) is 15.1 Å². The molecule has 3 saturated heterocycles. The summed E-state index contributed by atoms with van der Waals surface area (Å²) >= 11 is 0. The van der Waals surface area contributed by atoms with Crippen LogP contribution in [-0.4, -0.2) is 72.0 Å². The molecule has 0 aliphatic carbocycles. The van der Waals surface area contributed by atoms with Crippen LogP contribution in [0, 0.1) is 17.8 Å².